The minimum atomic E-state index is -0.485. The number of rotatable bonds is 6. The van der Waals surface area contributed by atoms with Gasteiger partial charge in [-0.15, -0.1) is 5.10 Å². The minimum Gasteiger partial charge on any atom is -0.467 e. The number of furan rings is 1. The van der Waals surface area contributed by atoms with Crippen molar-refractivity contribution in [2.75, 3.05) is 0 Å². The molecule has 1 amide bonds. The number of hydrogen-bond acceptors (Lipinski definition) is 7. The number of nitrogens with zero attached hydrogens (tertiary/aromatic N) is 4. The van der Waals surface area contributed by atoms with E-state index in [1.54, 1.807) is 42.5 Å². The fourth-order valence-corrected chi connectivity index (χ4v) is 3.75. The van der Waals surface area contributed by atoms with Crippen LogP contribution in [0.5, 0.6) is 0 Å². The van der Waals surface area contributed by atoms with E-state index in [2.05, 4.69) is 10.2 Å². The number of thioether (sulfide) groups is 1. The SMILES string of the molecule is O=C1/C(=C/c2ccc([N+](=O)[O-])cc2)S/C(=N\N=C\c2ccc(F)cc2)N1Cc1ccco1. The number of carbonyl (C=O) groups is 1. The number of nitro benzene ring substituents is 1. The van der Waals surface area contributed by atoms with Crippen LogP contribution in [0.4, 0.5) is 10.1 Å². The first-order valence-electron chi connectivity index (χ1n) is 9.34. The third-order valence-electron chi connectivity index (χ3n) is 4.40. The van der Waals surface area contributed by atoms with Gasteiger partial charge >= 0.3 is 0 Å². The van der Waals surface area contributed by atoms with Crippen LogP contribution >= 0.6 is 11.8 Å². The minimum absolute atomic E-state index is 0.0330. The van der Waals surface area contributed by atoms with Gasteiger partial charge < -0.3 is 4.42 Å². The van der Waals surface area contributed by atoms with Crippen LogP contribution in [0.3, 0.4) is 0 Å². The number of benzene rings is 2. The number of nitro groups is 1. The van der Waals surface area contributed by atoms with E-state index in [4.69, 9.17) is 4.42 Å². The molecule has 32 heavy (non-hydrogen) atoms. The summed E-state index contributed by atoms with van der Waals surface area (Å²) in [5.74, 6) is -0.0673. The zero-order chi connectivity index (χ0) is 22.5. The maximum atomic E-state index is 13.0. The molecule has 1 fully saturated rings. The van der Waals surface area contributed by atoms with Crippen LogP contribution < -0.4 is 0 Å². The Bertz CT molecular complexity index is 1220. The van der Waals surface area contributed by atoms with Crippen LogP contribution in [0.15, 0.2) is 86.5 Å². The molecule has 4 rings (SSSR count). The summed E-state index contributed by atoms with van der Waals surface area (Å²) in [6.07, 6.45) is 4.61. The number of non-ortho nitro benzene ring substituents is 1. The van der Waals surface area contributed by atoms with Gasteiger partial charge in [-0.3, -0.25) is 19.8 Å². The molecule has 0 aliphatic carbocycles. The maximum Gasteiger partial charge on any atom is 0.269 e. The van der Waals surface area contributed by atoms with Gasteiger partial charge in [-0.05, 0) is 65.4 Å². The van der Waals surface area contributed by atoms with Crippen molar-refractivity contribution in [3.63, 3.8) is 0 Å². The Morgan fingerprint density at radius 1 is 1.09 bits per heavy atom. The van der Waals surface area contributed by atoms with Crippen molar-refractivity contribution in [2.45, 2.75) is 6.54 Å². The van der Waals surface area contributed by atoms with Gasteiger partial charge in [-0.2, -0.15) is 5.10 Å². The summed E-state index contributed by atoms with van der Waals surface area (Å²) in [7, 11) is 0. The van der Waals surface area contributed by atoms with Crippen molar-refractivity contribution in [3.05, 3.63) is 105 Å². The lowest BCUT2D eigenvalue weighted by Crippen LogP contribution is -2.28. The highest BCUT2D eigenvalue weighted by molar-refractivity contribution is 8.18. The lowest BCUT2D eigenvalue weighted by Gasteiger charge is -2.12. The fourth-order valence-electron chi connectivity index (χ4n) is 2.82. The summed E-state index contributed by atoms with van der Waals surface area (Å²) in [5.41, 5.74) is 1.26. The van der Waals surface area contributed by atoms with E-state index < -0.39 is 4.92 Å². The molecule has 0 radical (unpaired) electrons. The van der Waals surface area contributed by atoms with Crippen molar-refractivity contribution in [1.82, 2.24) is 4.90 Å². The van der Waals surface area contributed by atoms with E-state index in [1.807, 2.05) is 0 Å². The van der Waals surface area contributed by atoms with Crippen LogP contribution in [-0.4, -0.2) is 27.1 Å². The van der Waals surface area contributed by atoms with Gasteiger partial charge in [0.1, 0.15) is 11.6 Å². The molecule has 3 aromatic rings. The summed E-state index contributed by atoms with van der Waals surface area (Å²) in [5, 5.41) is 19.4. The highest BCUT2D eigenvalue weighted by Gasteiger charge is 2.34. The average Bonchev–Trinajstić information content (AvgIpc) is 3.40. The molecule has 160 valence electrons. The molecule has 8 nitrogen and oxygen atoms in total. The normalized spacial score (nSPS) is 16.5. The number of hydrogen-bond donors (Lipinski definition) is 0. The predicted molar refractivity (Wildman–Crippen MR) is 119 cm³/mol. The molecule has 0 spiro atoms. The van der Waals surface area contributed by atoms with Crippen LogP contribution in [0.2, 0.25) is 0 Å². The van der Waals surface area contributed by atoms with E-state index in [1.165, 1.54) is 41.6 Å². The van der Waals surface area contributed by atoms with E-state index in [-0.39, 0.29) is 24.0 Å². The quantitative estimate of drug-likeness (QED) is 0.232. The average molecular weight is 450 g/mol. The highest BCUT2D eigenvalue weighted by Crippen LogP contribution is 2.34. The van der Waals surface area contributed by atoms with Gasteiger partial charge in [0.25, 0.3) is 11.6 Å². The van der Waals surface area contributed by atoms with Crippen LogP contribution in [0.1, 0.15) is 16.9 Å². The largest absolute Gasteiger partial charge is 0.467 e. The molecule has 1 aliphatic rings. The fraction of sp³-hybridized carbons (Fsp3) is 0.0455. The molecule has 1 aliphatic heterocycles. The van der Waals surface area contributed by atoms with E-state index in [0.717, 1.165) is 11.8 Å². The molecular formula is C22H15FN4O4S. The van der Waals surface area contributed by atoms with Crippen molar-refractivity contribution >= 4 is 40.8 Å². The second-order valence-electron chi connectivity index (χ2n) is 6.61. The first-order valence-corrected chi connectivity index (χ1v) is 10.2. The molecule has 0 atom stereocenters. The van der Waals surface area contributed by atoms with Crippen LogP contribution in [0, 0.1) is 15.9 Å². The van der Waals surface area contributed by atoms with Crippen LogP contribution in [0.25, 0.3) is 6.08 Å². The Morgan fingerprint density at radius 2 is 1.81 bits per heavy atom. The number of amidine groups is 1. The molecule has 10 heteroatoms. The molecule has 0 N–H and O–H groups in total. The van der Waals surface area contributed by atoms with Crippen molar-refractivity contribution in [3.8, 4) is 0 Å². The number of amides is 1. The predicted octanol–water partition coefficient (Wildman–Crippen LogP) is 4.83. The first kappa shape index (κ1) is 21.2. The lowest BCUT2D eigenvalue weighted by molar-refractivity contribution is -0.384. The molecule has 2 heterocycles. The maximum absolute atomic E-state index is 13.0. The number of halogens is 1. The summed E-state index contributed by atoms with van der Waals surface area (Å²) in [6, 6.07) is 15.1. The Balaban J connectivity index is 1.60. The van der Waals surface area contributed by atoms with Gasteiger partial charge in [0.15, 0.2) is 5.17 Å². The third kappa shape index (κ3) is 4.98. The number of carbonyl (C=O) groups excluding carboxylic acids is 1. The molecule has 0 saturated carbocycles. The summed E-state index contributed by atoms with van der Waals surface area (Å²) < 4.78 is 18.4. The zero-order valence-corrected chi connectivity index (χ0v) is 17.2. The lowest BCUT2D eigenvalue weighted by atomic mass is 10.2. The Hall–Kier alpha value is -4.05. The van der Waals surface area contributed by atoms with Gasteiger partial charge in [0, 0.05) is 12.1 Å². The smallest absolute Gasteiger partial charge is 0.269 e. The molecule has 2 aromatic carbocycles. The first-order chi connectivity index (χ1) is 15.5. The van der Waals surface area contributed by atoms with E-state index >= 15 is 0 Å². The summed E-state index contributed by atoms with van der Waals surface area (Å²) in [4.78, 5) is 25.2. The summed E-state index contributed by atoms with van der Waals surface area (Å²) in [6.45, 7) is 0.168. The van der Waals surface area contributed by atoms with Crippen molar-refractivity contribution in [2.24, 2.45) is 10.2 Å². The zero-order valence-electron chi connectivity index (χ0n) is 16.4. The molecule has 1 saturated heterocycles. The van der Waals surface area contributed by atoms with Gasteiger partial charge in [0.2, 0.25) is 0 Å². The Kier molecular flexibility index (Phi) is 6.22. The highest BCUT2D eigenvalue weighted by atomic mass is 32.2. The topological polar surface area (TPSA) is 101 Å². The van der Waals surface area contributed by atoms with Crippen molar-refractivity contribution in [1.29, 1.82) is 0 Å². The Morgan fingerprint density at radius 3 is 2.47 bits per heavy atom. The molecular weight excluding hydrogens is 435 g/mol. The van der Waals surface area contributed by atoms with E-state index in [0.29, 0.717) is 27.0 Å². The van der Waals surface area contributed by atoms with E-state index in [9.17, 15) is 19.3 Å². The van der Waals surface area contributed by atoms with Crippen molar-refractivity contribution < 1.29 is 18.5 Å². The standard InChI is InChI=1S/C22H15FN4O4S/c23-17-7-3-16(4-8-17)13-24-25-22-26(14-19-2-1-11-31-19)21(28)20(32-22)12-15-5-9-18(10-6-15)27(29)30/h1-13H,14H2/b20-12-,24-13+,25-22-. The molecule has 1 aromatic heterocycles. The van der Waals surface area contributed by atoms with Gasteiger partial charge in [-0.1, -0.05) is 12.1 Å². The molecule has 0 bridgehead atoms. The summed E-state index contributed by atoms with van der Waals surface area (Å²) >= 11 is 1.13. The second-order valence-corrected chi connectivity index (χ2v) is 7.62. The van der Waals surface area contributed by atoms with Gasteiger partial charge in [0.05, 0.1) is 28.9 Å². The Labute approximate surface area is 185 Å². The van der Waals surface area contributed by atoms with Gasteiger partial charge in [-0.25, -0.2) is 4.39 Å². The monoisotopic (exact) mass is 450 g/mol. The second kappa shape index (κ2) is 9.40. The molecule has 0 unspecified atom stereocenters. The van der Waals surface area contributed by atoms with Crippen LogP contribution in [-0.2, 0) is 11.3 Å². The third-order valence-corrected chi connectivity index (χ3v) is 5.40.